The molecule has 3 heterocycles. The molecule has 0 unspecified atom stereocenters. The first kappa shape index (κ1) is 42.8. The molecule has 3 nitrogen and oxygen atoms in total. The quantitative estimate of drug-likeness (QED) is 0.118. The molecule has 0 fully saturated rings. The first-order chi connectivity index (χ1) is 25.4. The van der Waals surface area contributed by atoms with Crippen LogP contribution in [0.5, 0.6) is 0 Å². The Morgan fingerprint density at radius 1 is 0.727 bits per heavy atom. The van der Waals surface area contributed by atoms with Crippen molar-refractivity contribution in [2.24, 2.45) is 5.41 Å². The fourth-order valence-electron chi connectivity index (χ4n) is 7.05. The minimum atomic E-state index is -1.82. The zero-order valence-electron chi connectivity index (χ0n) is 34.7. The molecular formula is C49H56Ge2IrN2O-2. The van der Waals surface area contributed by atoms with Crippen molar-refractivity contribution in [2.45, 2.75) is 88.4 Å². The van der Waals surface area contributed by atoms with Gasteiger partial charge < -0.3 is 0 Å². The third kappa shape index (κ3) is 10.4. The molecule has 6 heteroatoms. The number of fused-ring (bicyclic) bond motifs is 3. The Morgan fingerprint density at radius 2 is 1.44 bits per heavy atom. The maximum Gasteiger partial charge on any atom is 0 e. The topological polar surface area (TPSA) is 38.9 Å². The number of benzene rings is 4. The summed E-state index contributed by atoms with van der Waals surface area (Å²) < 4.78 is 9.47. The molecule has 3 aromatic heterocycles. The molecule has 287 valence electrons. The van der Waals surface area contributed by atoms with Gasteiger partial charge in [-0.1, -0.05) is 26.3 Å². The fourth-order valence-corrected chi connectivity index (χ4v) is 13.1. The molecule has 0 saturated carbocycles. The number of hydrogen-bond donors (Lipinski definition) is 0. The molecule has 7 rings (SSSR count). The Kier molecular flexibility index (Phi) is 13.3. The van der Waals surface area contributed by atoms with E-state index in [4.69, 9.17) is 4.42 Å². The average molecular weight is 1030 g/mol. The SMILES string of the molecule is CC(C)(C)Cc1ccnc(-c2[c-]ccc3c2oc2cc(-c4cc[c]([Ge]([CH3])([CH3])[CH3])cc4)ccc23)c1.Cc1cc(-c2[c-]cc(C(C)C)cc2)nc[c]1[Ge]([CH3])([CH3])[CH3].[Ir]. The van der Waals surface area contributed by atoms with Crippen LogP contribution < -0.4 is 8.79 Å². The van der Waals surface area contributed by atoms with Crippen LogP contribution in [0.4, 0.5) is 0 Å². The van der Waals surface area contributed by atoms with Gasteiger partial charge in [0, 0.05) is 26.3 Å². The summed E-state index contributed by atoms with van der Waals surface area (Å²) in [5.41, 5.74) is 12.3. The Balaban J connectivity index is 0.000000237. The zero-order chi connectivity index (χ0) is 39.0. The van der Waals surface area contributed by atoms with Gasteiger partial charge in [-0.3, -0.25) is 0 Å². The molecule has 0 aliphatic rings. The van der Waals surface area contributed by atoms with E-state index in [-0.39, 0.29) is 25.5 Å². The first-order valence-corrected chi connectivity index (χ1v) is 34.0. The van der Waals surface area contributed by atoms with E-state index >= 15 is 0 Å². The van der Waals surface area contributed by atoms with Crippen molar-refractivity contribution < 1.29 is 24.5 Å². The molecule has 4 aromatic carbocycles. The normalized spacial score (nSPS) is 12.1. The van der Waals surface area contributed by atoms with Gasteiger partial charge in [-0.2, -0.15) is 0 Å². The predicted octanol–water partition coefficient (Wildman–Crippen LogP) is 12.8. The summed E-state index contributed by atoms with van der Waals surface area (Å²) >= 11 is -3.62. The van der Waals surface area contributed by atoms with Crippen LogP contribution in [0.2, 0.25) is 34.5 Å². The van der Waals surface area contributed by atoms with Gasteiger partial charge in [0.1, 0.15) is 0 Å². The second kappa shape index (κ2) is 17.1. The van der Waals surface area contributed by atoms with Gasteiger partial charge >= 0.3 is 281 Å². The monoisotopic (exact) mass is 1030 g/mol. The molecule has 0 aliphatic carbocycles. The van der Waals surface area contributed by atoms with E-state index < -0.39 is 26.5 Å². The number of aromatic nitrogens is 2. The Bertz CT molecular complexity index is 2390. The third-order valence-electron chi connectivity index (χ3n) is 10.0. The Morgan fingerprint density at radius 3 is 2.04 bits per heavy atom. The predicted molar refractivity (Wildman–Crippen MR) is 238 cm³/mol. The van der Waals surface area contributed by atoms with E-state index in [1.807, 2.05) is 12.3 Å². The molecule has 0 atom stereocenters. The first-order valence-electron chi connectivity index (χ1n) is 19.3. The van der Waals surface area contributed by atoms with Crippen LogP contribution >= 0.6 is 0 Å². The second-order valence-electron chi connectivity index (χ2n) is 18.3. The molecule has 0 saturated heterocycles. The van der Waals surface area contributed by atoms with Crippen molar-refractivity contribution in [3.8, 4) is 33.6 Å². The van der Waals surface area contributed by atoms with Crippen LogP contribution in [0.3, 0.4) is 0 Å². The van der Waals surface area contributed by atoms with E-state index in [9.17, 15) is 0 Å². The summed E-state index contributed by atoms with van der Waals surface area (Å²) in [5, 5.41) is 2.23. The molecule has 0 N–H and O–H groups in total. The number of rotatable bonds is 7. The Hall–Kier alpha value is -3.28. The van der Waals surface area contributed by atoms with Gasteiger partial charge in [0.05, 0.1) is 0 Å². The minimum Gasteiger partial charge on any atom is 0 e. The van der Waals surface area contributed by atoms with Gasteiger partial charge in [-0.25, -0.2) is 0 Å². The van der Waals surface area contributed by atoms with Crippen molar-refractivity contribution in [1.29, 1.82) is 0 Å². The van der Waals surface area contributed by atoms with Crippen LogP contribution in [-0.2, 0) is 26.5 Å². The molecule has 7 aromatic rings. The van der Waals surface area contributed by atoms with Gasteiger partial charge in [-0.05, 0) is 17.9 Å². The average Bonchev–Trinajstić information content (AvgIpc) is 3.49. The van der Waals surface area contributed by atoms with Crippen molar-refractivity contribution in [3.63, 3.8) is 0 Å². The van der Waals surface area contributed by atoms with E-state index in [0.29, 0.717) is 5.92 Å². The standard InChI is InChI=1S/C31H32GeNO.C18H24GeN.Ir/c1-31(2,3)20-21-16-17-33-28(18-21)27-9-7-8-26-25-15-12-23(19-29(25)34-30(26)27)22-10-13-24(14-11-22)32(4,5)6;1-13(2)15-7-9-16(10-8-15)18-11-14(3)17(12-20-18)19(4,5)6;/h7-8,10-19H,20H2,1-6H3;7-9,11-13H,1-6H3;/q2*-1;. The van der Waals surface area contributed by atoms with Gasteiger partial charge in [0.25, 0.3) is 0 Å². The Labute approximate surface area is 348 Å². The second-order valence-corrected chi connectivity index (χ2v) is 39.6. The van der Waals surface area contributed by atoms with Crippen molar-refractivity contribution in [1.82, 2.24) is 9.97 Å². The molecule has 0 bridgehead atoms. The van der Waals surface area contributed by atoms with Gasteiger partial charge in [0.2, 0.25) is 0 Å². The minimum absolute atomic E-state index is 0. The molecule has 55 heavy (non-hydrogen) atoms. The number of nitrogens with zero attached hydrogens (tertiary/aromatic N) is 2. The van der Waals surface area contributed by atoms with Crippen LogP contribution in [0.1, 0.15) is 57.2 Å². The van der Waals surface area contributed by atoms with Crippen molar-refractivity contribution in [2.75, 3.05) is 0 Å². The summed E-state index contributed by atoms with van der Waals surface area (Å²) in [6.07, 6.45) is 4.99. The van der Waals surface area contributed by atoms with E-state index in [1.54, 1.807) is 0 Å². The number of hydrogen-bond acceptors (Lipinski definition) is 3. The number of pyridine rings is 2. The van der Waals surface area contributed by atoms with E-state index in [1.165, 1.54) is 36.6 Å². The maximum absolute atomic E-state index is 6.46. The fraction of sp³-hybridized carbons (Fsp3) is 0.306. The van der Waals surface area contributed by atoms with E-state index in [2.05, 4.69) is 189 Å². The summed E-state index contributed by atoms with van der Waals surface area (Å²) in [6, 6.07) is 39.4. The molecule has 0 spiro atoms. The molecule has 0 aliphatic heterocycles. The zero-order valence-corrected chi connectivity index (χ0v) is 41.3. The molecular weight excluding hydrogens is 970 g/mol. The molecule has 1 radical (unpaired) electrons. The van der Waals surface area contributed by atoms with Gasteiger partial charge in [-0.15, -0.1) is 0 Å². The largest absolute Gasteiger partial charge is 0 e. The number of furan rings is 1. The van der Waals surface area contributed by atoms with Crippen molar-refractivity contribution in [3.05, 3.63) is 132 Å². The van der Waals surface area contributed by atoms with Crippen LogP contribution in [0.25, 0.3) is 55.6 Å². The summed E-state index contributed by atoms with van der Waals surface area (Å²) in [4.78, 5) is 9.33. The van der Waals surface area contributed by atoms with Crippen LogP contribution in [-0.4, -0.2) is 36.5 Å². The summed E-state index contributed by atoms with van der Waals surface area (Å²) in [5.74, 6) is 15.1. The summed E-state index contributed by atoms with van der Waals surface area (Å²) in [6.45, 7) is 13.4. The smallest absolute Gasteiger partial charge is 0 e. The third-order valence-corrected chi connectivity index (χ3v) is 18.9. The number of aryl methyl sites for hydroxylation is 1. The van der Waals surface area contributed by atoms with E-state index in [0.717, 1.165) is 50.9 Å². The van der Waals surface area contributed by atoms with Crippen LogP contribution in [0, 0.1) is 24.5 Å². The van der Waals surface area contributed by atoms with Crippen LogP contribution in [0.15, 0.2) is 108 Å². The molecule has 0 amide bonds. The maximum atomic E-state index is 6.46. The van der Waals surface area contributed by atoms with Gasteiger partial charge in [0.15, 0.2) is 0 Å². The van der Waals surface area contributed by atoms with Crippen molar-refractivity contribution >= 4 is 57.3 Å². The summed E-state index contributed by atoms with van der Waals surface area (Å²) in [7, 11) is 0.